The summed E-state index contributed by atoms with van der Waals surface area (Å²) in [5, 5.41) is 0.634. The van der Waals surface area contributed by atoms with Crippen molar-refractivity contribution < 1.29 is 8.42 Å². The second kappa shape index (κ2) is 5.22. The van der Waals surface area contributed by atoms with Crippen molar-refractivity contribution in [3.63, 3.8) is 0 Å². The molecule has 0 aromatic heterocycles. The predicted octanol–water partition coefficient (Wildman–Crippen LogP) is 3.73. The van der Waals surface area contributed by atoms with Gasteiger partial charge in [0.2, 0.25) is 10.0 Å². The van der Waals surface area contributed by atoms with E-state index in [1.54, 1.807) is 24.3 Å². The van der Waals surface area contributed by atoms with E-state index in [1.807, 2.05) is 0 Å². The molecular weight excluding hydrogens is 318 g/mol. The van der Waals surface area contributed by atoms with E-state index in [0.29, 0.717) is 5.02 Å². The highest BCUT2D eigenvalue weighted by Gasteiger charge is 2.52. The number of hydrogen-bond donors (Lipinski definition) is 1. The Balaban J connectivity index is 1.51. The smallest absolute Gasteiger partial charge is 0.212 e. The lowest BCUT2D eigenvalue weighted by atomic mass is 9.53. The molecule has 5 heteroatoms. The third kappa shape index (κ3) is 2.93. The Hall–Kier alpha value is -0.580. The van der Waals surface area contributed by atoms with Crippen LogP contribution in [0, 0.1) is 17.8 Å². The summed E-state index contributed by atoms with van der Waals surface area (Å²) in [6, 6.07) is 7.08. The van der Waals surface area contributed by atoms with Crippen molar-refractivity contribution in [2.45, 2.75) is 49.8 Å². The number of hydrogen-bond acceptors (Lipinski definition) is 2. The first-order chi connectivity index (χ1) is 10.4. The molecule has 22 heavy (non-hydrogen) atoms. The fourth-order valence-corrected chi connectivity index (χ4v) is 7.14. The van der Waals surface area contributed by atoms with Gasteiger partial charge in [0.05, 0.1) is 5.75 Å². The maximum Gasteiger partial charge on any atom is 0.216 e. The molecule has 0 saturated heterocycles. The van der Waals surface area contributed by atoms with E-state index in [4.69, 9.17) is 11.6 Å². The Morgan fingerprint density at radius 1 is 1.00 bits per heavy atom. The van der Waals surface area contributed by atoms with E-state index < -0.39 is 10.0 Å². The largest absolute Gasteiger partial charge is 0.216 e. The van der Waals surface area contributed by atoms with Gasteiger partial charge in [-0.15, -0.1) is 0 Å². The van der Waals surface area contributed by atoms with Crippen LogP contribution in [0.3, 0.4) is 0 Å². The van der Waals surface area contributed by atoms with E-state index in [1.165, 1.54) is 19.3 Å². The van der Waals surface area contributed by atoms with Gasteiger partial charge in [0.25, 0.3) is 0 Å². The highest BCUT2D eigenvalue weighted by molar-refractivity contribution is 7.88. The van der Waals surface area contributed by atoms with Crippen LogP contribution in [0.15, 0.2) is 24.3 Å². The number of sulfonamides is 1. The molecule has 4 aliphatic rings. The molecular formula is C17H22ClNO2S. The van der Waals surface area contributed by atoms with Gasteiger partial charge in [0, 0.05) is 10.6 Å². The van der Waals surface area contributed by atoms with E-state index in [9.17, 15) is 8.42 Å². The fourth-order valence-electron chi connectivity index (χ4n) is 5.40. The van der Waals surface area contributed by atoms with E-state index in [0.717, 1.165) is 42.6 Å². The first-order valence-electron chi connectivity index (χ1n) is 8.17. The van der Waals surface area contributed by atoms with Crippen molar-refractivity contribution in [3.05, 3.63) is 34.9 Å². The minimum Gasteiger partial charge on any atom is -0.212 e. The monoisotopic (exact) mass is 339 g/mol. The summed E-state index contributed by atoms with van der Waals surface area (Å²) in [5.74, 6) is 2.27. The zero-order valence-corrected chi connectivity index (χ0v) is 14.2. The minimum atomic E-state index is -3.30. The van der Waals surface area contributed by atoms with Crippen molar-refractivity contribution in [2.24, 2.45) is 17.8 Å². The lowest BCUT2D eigenvalue weighted by molar-refractivity contribution is -0.00811. The number of nitrogens with one attached hydrogen (secondary N) is 1. The van der Waals surface area contributed by atoms with Crippen molar-refractivity contribution in [1.29, 1.82) is 0 Å². The van der Waals surface area contributed by atoms with E-state index in [2.05, 4.69) is 4.72 Å². The second-order valence-electron chi connectivity index (χ2n) is 7.69. The molecule has 0 aliphatic heterocycles. The normalized spacial score (nSPS) is 36.7. The zero-order valence-electron chi connectivity index (χ0n) is 12.6. The molecule has 3 nitrogen and oxygen atoms in total. The van der Waals surface area contributed by atoms with Gasteiger partial charge in [-0.2, -0.15) is 0 Å². The Kier molecular flexibility index (Phi) is 3.55. The second-order valence-corrected chi connectivity index (χ2v) is 9.84. The van der Waals surface area contributed by atoms with E-state index in [-0.39, 0.29) is 11.3 Å². The van der Waals surface area contributed by atoms with Crippen LogP contribution < -0.4 is 4.72 Å². The van der Waals surface area contributed by atoms with Crippen LogP contribution in [0.5, 0.6) is 0 Å². The molecule has 5 rings (SSSR count). The molecule has 0 amide bonds. The van der Waals surface area contributed by atoms with Crippen LogP contribution in [0.25, 0.3) is 0 Å². The van der Waals surface area contributed by atoms with Crippen molar-refractivity contribution in [3.8, 4) is 0 Å². The topological polar surface area (TPSA) is 46.2 Å². The van der Waals surface area contributed by atoms with Gasteiger partial charge in [-0.05, 0) is 74.0 Å². The lowest BCUT2D eigenvalue weighted by Gasteiger charge is -2.56. The molecule has 1 aromatic rings. The summed E-state index contributed by atoms with van der Waals surface area (Å²) < 4.78 is 28.4. The quantitative estimate of drug-likeness (QED) is 0.908. The van der Waals surface area contributed by atoms with E-state index >= 15 is 0 Å². The van der Waals surface area contributed by atoms with Crippen LogP contribution in [0.1, 0.15) is 44.1 Å². The van der Waals surface area contributed by atoms with Gasteiger partial charge in [-0.25, -0.2) is 13.1 Å². The highest BCUT2D eigenvalue weighted by Crippen LogP contribution is 2.55. The van der Waals surface area contributed by atoms with Gasteiger partial charge >= 0.3 is 0 Å². The third-order valence-corrected chi connectivity index (χ3v) is 7.39. The average molecular weight is 340 g/mol. The molecule has 120 valence electrons. The summed E-state index contributed by atoms with van der Waals surface area (Å²) in [5.41, 5.74) is 0.640. The Morgan fingerprint density at radius 3 is 2.00 bits per heavy atom. The molecule has 0 atom stereocenters. The molecule has 0 radical (unpaired) electrons. The van der Waals surface area contributed by atoms with Gasteiger partial charge in [-0.1, -0.05) is 23.7 Å². The molecule has 1 aromatic carbocycles. The summed E-state index contributed by atoms with van der Waals surface area (Å²) in [4.78, 5) is 0. The first-order valence-corrected chi connectivity index (χ1v) is 10.2. The molecule has 0 unspecified atom stereocenters. The average Bonchev–Trinajstić information content (AvgIpc) is 2.38. The number of rotatable bonds is 4. The number of benzene rings is 1. The van der Waals surface area contributed by atoms with Gasteiger partial charge in [-0.3, -0.25) is 0 Å². The van der Waals surface area contributed by atoms with Crippen LogP contribution in [0.2, 0.25) is 5.02 Å². The molecule has 4 bridgehead atoms. The summed E-state index contributed by atoms with van der Waals surface area (Å²) >= 11 is 5.86. The maximum absolute atomic E-state index is 12.6. The summed E-state index contributed by atoms with van der Waals surface area (Å²) in [6.07, 6.45) is 7.07. The third-order valence-electron chi connectivity index (χ3n) is 5.68. The molecule has 4 aliphatic carbocycles. The van der Waals surface area contributed by atoms with Gasteiger partial charge < -0.3 is 0 Å². The van der Waals surface area contributed by atoms with Gasteiger partial charge in [0.15, 0.2) is 0 Å². The molecule has 1 N–H and O–H groups in total. The molecule has 4 fully saturated rings. The summed E-state index contributed by atoms with van der Waals surface area (Å²) in [6.45, 7) is 0. The van der Waals surface area contributed by atoms with Crippen LogP contribution in [0.4, 0.5) is 0 Å². The summed E-state index contributed by atoms with van der Waals surface area (Å²) in [7, 11) is -3.30. The van der Waals surface area contributed by atoms with Crippen molar-refractivity contribution in [2.75, 3.05) is 0 Å². The fraction of sp³-hybridized carbons (Fsp3) is 0.647. The maximum atomic E-state index is 12.6. The highest BCUT2D eigenvalue weighted by atomic mass is 35.5. The Labute approximate surface area is 137 Å². The molecule has 4 saturated carbocycles. The van der Waals surface area contributed by atoms with Crippen molar-refractivity contribution >= 4 is 21.6 Å². The Morgan fingerprint density at radius 2 is 1.50 bits per heavy atom. The van der Waals surface area contributed by atoms with Crippen LogP contribution in [-0.2, 0) is 15.8 Å². The SMILES string of the molecule is O=S(=O)(Cc1ccc(Cl)cc1)NC12CC3CC(CC(C3)C1)C2. The minimum absolute atomic E-state index is 0.0475. The van der Waals surface area contributed by atoms with Gasteiger partial charge in [0.1, 0.15) is 0 Å². The number of halogens is 1. The van der Waals surface area contributed by atoms with Crippen LogP contribution in [-0.4, -0.2) is 14.0 Å². The standard InChI is InChI=1S/C17H22ClNO2S/c18-16-3-1-12(2-4-16)11-22(20,21)19-17-8-13-5-14(9-17)7-15(6-13)10-17/h1-4,13-15,19H,5-11H2. The predicted molar refractivity (Wildman–Crippen MR) is 88.1 cm³/mol. The molecule has 0 spiro atoms. The molecule has 0 heterocycles. The van der Waals surface area contributed by atoms with Crippen molar-refractivity contribution in [1.82, 2.24) is 4.72 Å². The van der Waals surface area contributed by atoms with Crippen LogP contribution >= 0.6 is 11.6 Å². The zero-order chi connectivity index (χ0) is 15.4. The lowest BCUT2D eigenvalue weighted by Crippen LogP contribution is -2.59. The first kappa shape index (κ1) is 15.0. The Bertz CT molecular complexity index is 633.